The van der Waals surface area contributed by atoms with E-state index in [-0.39, 0.29) is 0 Å². The van der Waals surface area contributed by atoms with Crippen LogP contribution in [0.15, 0.2) is 30.3 Å². The fraction of sp³-hybridized carbons (Fsp3) is 0.619. The molecule has 0 radical (unpaired) electrons. The predicted octanol–water partition coefficient (Wildman–Crippen LogP) is 6.04. The van der Waals surface area contributed by atoms with Gasteiger partial charge in [0.2, 0.25) is 0 Å². The lowest BCUT2D eigenvalue weighted by atomic mass is 9.70. The molecule has 1 aliphatic heterocycles. The molecular formula is C21H29NS. The maximum absolute atomic E-state index is 2.88. The summed E-state index contributed by atoms with van der Waals surface area (Å²) in [6, 6.07) is 11.5. The van der Waals surface area contributed by atoms with E-state index in [0.29, 0.717) is 5.54 Å². The van der Waals surface area contributed by atoms with Crippen molar-refractivity contribution in [2.24, 2.45) is 11.8 Å². The van der Waals surface area contributed by atoms with Gasteiger partial charge >= 0.3 is 0 Å². The average Bonchev–Trinajstić information content (AvgIpc) is 3.00. The molecule has 0 bridgehead atoms. The molecule has 0 spiro atoms. The van der Waals surface area contributed by atoms with Gasteiger partial charge in [-0.25, -0.2) is 0 Å². The van der Waals surface area contributed by atoms with Gasteiger partial charge in [0.05, 0.1) is 5.54 Å². The van der Waals surface area contributed by atoms with Gasteiger partial charge in [0.15, 0.2) is 0 Å². The van der Waals surface area contributed by atoms with Gasteiger partial charge in [0.25, 0.3) is 0 Å². The van der Waals surface area contributed by atoms with E-state index in [1.807, 2.05) is 0 Å². The summed E-state index contributed by atoms with van der Waals surface area (Å²) in [5.41, 5.74) is 0.302. The molecule has 1 saturated carbocycles. The Balaban J connectivity index is 1.81. The molecule has 1 saturated heterocycles. The van der Waals surface area contributed by atoms with Crippen molar-refractivity contribution in [1.29, 1.82) is 0 Å². The zero-order chi connectivity index (χ0) is 15.9. The van der Waals surface area contributed by atoms with Crippen LogP contribution in [0.3, 0.4) is 0 Å². The minimum Gasteiger partial charge on any atom is -0.292 e. The normalized spacial score (nSPS) is 33.1. The smallest absolute Gasteiger partial charge is 0.0580 e. The van der Waals surface area contributed by atoms with E-state index in [9.17, 15) is 0 Å². The Kier molecular flexibility index (Phi) is 4.23. The highest BCUT2D eigenvalue weighted by Crippen LogP contribution is 2.50. The average molecular weight is 328 g/mol. The summed E-state index contributed by atoms with van der Waals surface area (Å²) in [6.45, 7) is 7.54. The summed E-state index contributed by atoms with van der Waals surface area (Å²) in [4.78, 5) is 4.52. The number of rotatable bonds is 2. The van der Waals surface area contributed by atoms with E-state index in [0.717, 1.165) is 11.8 Å². The van der Waals surface area contributed by atoms with Crippen molar-refractivity contribution in [3.8, 4) is 0 Å². The van der Waals surface area contributed by atoms with Crippen molar-refractivity contribution < 1.29 is 0 Å². The molecule has 23 heavy (non-hydrogen) atoms. The molecule has 2 heterocycles. The minimum absolute atomic E-state index is 0.302. The third kappa shape index (κ3) is 2.64. The molecule has 1 nitrogen and oxygen atoms in total. The molecule has 1 aromatic heterocycles. The summed E-state index contributed by atoms with van der Waals surface area (Å²) in [5.74, 6) is 1.62. The van der Waals surface area contributed by atoms with Crippen LogP contribution in [0, 0.1) is 11.8 Å². The number of fused-ring (bicyclic) bond motifs is 1. The highest BCUT2D eigenvalue weighted by atomic mass is 32.1. The fourth-order valence-corrected chi connectivity index (χ4v) is 6.49. The van der Waals surface area contributed by atoms with Crippen LogP contribution in [-0.2, 0) is 5.54 Å². The lowest BCUT2D eigenvalue weighted by Gasteiger charge is -2.52. The van der Waals surface area contributed by atoms with E-state index in [4.69, 9.17) is 0 Å². The van der Waals surface area contributed by atoms with E-state index >= 15 is 0 Å². The first-order valence-electron chi connectivity index (χ1n) is 9.44. The largest absolute Gasteiger partial charge is 0.292 e. The monoisotopic (exact) mass is 327 g/mol. The summed E-state index contributed by atoms with van der Waals surface area (Å²) >= 11 is 2.06. The van der Waals surface area contributed by atoms with E-state index < -0.39 is 0 Å². The standard InChI is InChI=1S/C21H29NS/c1-16-8-7-13-22(15-16)21(12-6-5-9-17(21)2)20-14-18-10-3-4-11-19(18)23-20/h3-4,10-11,14,16-17H,5-9,12-13,15H2,1-2H3/t16-,17+,21-/m0/s1. The number of hydrogen-bond acceptors (Lipinski definition) is 2. The quantitative estimate of drug-likeness (QED) is 0.650. The van der Waals surface area contributed by atoms with Gasteiger partial charge in [-0.05, 0) is 61.6 Å². The van der Waals surface area contributed by atoms with Crippen LogP contribution in [0.2, 0.25) is 0 Å². The molecule has 124 valence electrons. The van der Waals surface area contributed by atoms with Crippen molar-refractivity contribution in [3.63, 3.8) is 0 Å². The number of thiophene rings is 1. The second kappa shape index (κ2) is 6.22. The Labute approximate surface area is 144 Å². The van der Waals surface area contributed by atoms with E-state index in [1.165, 1.54) is 61.7 Å². The fourth-order valence-electron chi connectivity index (χ4n) is 5.07. The maximum atomic E-state index is 2.88. The number of likely N-dealkylation sites (tertiary alicyclic amines) is 1. The van der Waals surface area contributed by atoms with Gasteiger partial charge < -0.3 is 0 Å². The van der Waals surface area contributed by atoms with Gasteiger partial charge in [-0.2, -0.15) is 0 Å². The number of benzene rings is 1. The van der Waals surface area contributed by atoms with Crippen molar-refractivity contribution in [3.05, 3.63) is 35.2 Å². The van der Waals surface area contributed by atoms with Crippen LogP contribution in [-0.4, -0.2) is 18.0 Å². The molecule has 2 heteroatoms. The molecule has 0 unspecified atom stereocenters. The molecule has 2 fully saturated rings. The molecular weight excluding hydrogens is 298 g/mol. The van der Waals surface area contributed by atoms with Crippen LogP contribution < -0.4 is 0 Å². The first-order chi connectivity index (χ1) is 11.2. The van der Waals surface area contributed by atoms with E-state index in [1.54, 1.807) is 4.88 Å². The first-order valence-corrected chi connectivity index (χ1v) is 10.3. The van der Waals surface area contributed by atoms with Crippen LogP contribution >= 0.6 is 11.3 Å². The summed E-state index contributed by atoms with van der Waals surface area (Å²) in [5, 5.41) is 1.44. The summed E-state index contributed by atoms with van der Waals surface area (Å²) in [6.07, 6.45) is 8.33. The van der Waals surface area contributed by atoms with Gasteiger partial charge in [-0.15, -0.1) is 11.3 Å². The van der Waals surface area contributed by atoms with Crippen LogP contribution in [0.5, 0.6) is 0 Å². The Morgan fingerprint density at radius 3 is 2.74 bits per heavy atom. The third-order valence-corrected chi connectivity index (χ3v) is 7.62. The van der Waals surface area contributed by atoms with Crippen molar-refractivity contribution >= 4 is 21.4 Å². The number of piperidine rings is 1. The second-order valence-electron chi connectivity index (χ2n) is 7.91. The SMILES string of the molecule is C[C@H]1CCCN([C@@]2(c3cc4ccccc4s3)CCCC[C@H]2C)C1. The maximum Gasteiger partial charge on any atom is 0.0580 e. The van der Waals surface area contributed by atoms with Crippen molar-refractivity contribution in [2.45, 2.75) is 57.9 Å². The van der Waals surface area contributed by atoms with Crippen LogP contribution in [0.25, 0.3) is 10.1 Å². The highest BCUT2D eigenvalue weighted by molar-refractivity contribution is 7.19. The zero-order valence-corrected chi connectivity index (χ0v) is 15.4. The van der Waals surface area contributed by atoms with Crippen molar-refractivity contribution in [2.75, 3.05) is 13.1 Å². The molecule has 4 rings (SSSR count). The number of nitrogens with zero attached hydrogens (tertiary/aromatic N) is 1. The van der Waals surface area contributed by atoms with Crippen LogP contribution in [0.4, 0.5) is 0 Å². The third-order valence-electron chi connectivity index (χ3n) is 6.33. The van der Waals surface area contributed by atoms with Gasteiger partial charge in [-0.3, -0.25) is 4.90 Å². The number of hydrogen-bond donors (Lipinski definition) is 0. The Morgan fingerprint density at radius 2 is 1.96 bits per heavy atom. The highest BCUT2D eigenvalue weighted by Gasteiger charge is 2.46. The molecule has 1 aliphatic carbocycles. The lowest BCUT2D eigenvalue weighted by Crippen LogP contribution is -2.54. The Morgan fingerprint density at radius 1 is 1.09 bits per heavy atom. The first kappa shape index (κ1) is 15.7. The van der Waals surface area contributed by atoms with E-state index in [2.05, 4.69) is 60.4 Å². The van der Waals surface area contributed by atoms with Crippen LogP contribution in [0.1, 0.15) is 57.2 Å². The topological polar surface area (TPSA) is 3.24 Å². The van der Waals surface area contributed by atoms with Gasteiger partial charge in [-0.1, -0.05) is 44.9 Å². The summed E-state index contributed by atoms with van der Waals surface area (Å²) < 4.78 is 1.46. The predicted molar refractivity (Wildman–Crippen MR) is 101 cm³/mol. The molecule has 1 aromatic carbocycles. The second-order valence-corrected chi connectivity index (χ2v) is 9.00. The van der Waals surface area contributed by atoms with Gasteiger partial charge in [0, 0.05) is 16.1 Å². The Bertz CT molecular complexity index is 642. The Hall–Kier alpha value is -0.860. The molecule has 0 N–H and O–H groups in total. The molecule has 2 aliphatic rings. The molecule has 3 atom stereocenters. The molecule has 0 amide bonds. The van der Waals surface area contributed by atoms with Crippen molar-refractivity contribution in [1.82, 2.24) is 4.90 Å². The summed E-state index contributed by atoms with van der Waals surface area (Å²) in [7, 11) is 0. The lowest BCUT2D eigenvalue weighted by molar-refractivity contribution is -0.0209. The van der Waals surface area contributed by atoms with Gasteiger partial charge in [0.1, 0.15) is 0 Å². The minimum atomic E-state index is 0.302. The molecule has 2 aromatic rings. The zero-order valence-electron chi connectivity index (χ0n) is 14.6.